The number of nitrogens with one attached hydrogen (secondary N) is 1. The Morgan fingerprint density at radius 3 is 2.63 bits per heavy atom. The van der Waals surface area contributed by atoms with E-state index in [1.54, 1.807) is 30.3 Å². The fourth-order valence-electron chi connectivity index (χ4n) is 3.04. The van der Waals surface area contributed by atoms with Crippen molar-refractivity contribution < 1.29 is 9.53 Å². The Morgan fingerprint density at radius 1 is 1.26 bits per heavy atom. The highest BCUT2D eigenvalue weighted by Gasteiger charge is 2.23. The second kappa shape index (κ2) is 7.80. The highest BCUT2D eigenvalue weighted by atomic mass is 35.5. The molecule has 0 unspecified atom stereocenters. The molecule has 0 aliphatic carbocycles. The number of aryl methyl sites for hydroxylation is 1. The summed E-state index contributed by atoms with van der Waals surface area (Å²) >= 11 is 6.02. The summed E-state index contributed by atoms with van der Waals surface area (Å²) in [5, 5.41) is 8.97. The topological polar surface area (TPSA) is 73.2 Å². The maximum absolute atomic E-state index is 12.9. The predicted octanol–water partition coefficient (Wildman–Crippen LogP) is 3.96. The van der Waals surface area contributed by atoms with Crippen LogP contribution >= 0.6 is 11.6 Å². The van der Waals surface area contributed by atoms with Gasteiger partial charge in [0.05, 0.1) is 23.9 Å². The lowest BCUT2D eigenvalue weighted by Crippen LogP contribution is -2.35. The molecule has 0 saturated carbocycles. The molecule has 0 fully saturated rings. The van der Waals surface area contributed by atoms with E-state index in [9.17, 15) is 9.59 Å². The van der Waals surface area contributed by atoms with Crippen LogP contribution in [0, 0.1) is 6.92 Å². The number of carbonyl (C=O) groups excluding carboxylic acids is 1. The highest BCUT2D eigenvalue weighted by Crippen LogP contribution is 2.28. The zero-order chi connectivity index (χ0) is 19.6. The fourth-order valence-corrected chi connectivity index (χ4v) is 3.22. The average molecular weight is 386 g/mol. The zero-order valence-corrected chi connectivity index (χ0v) is 16.1. The van der Waals surface area contributed by atoms with E-state index in [1.807, 2.05) is 26.0 Å². The molecular formula is C20H20ClN3O3. The van der Waals surface area contributed by atoms with Gasteiger partial charge in [-0.05, 0) is 37.6 Å². The van der Waals surface area contributed by atoms with Crippen LogP contribution in [0.25, 0.3) is 10.8 Å². The van der Waals surface area contributed by atoms with Crippen LogP contribution in [0.1, 0.15) is 25.1 Å². The fraction of sp³-hybridized carbons (Fsp3) is 0.250. The lowest BCUT2D eigenvalue weighted by molar-refractivity contribution is -0.119. The van der Waals surface area contributed by atoms with Gasteiger partial charge in [0.1, 0.15) is 11.8 Å². The van der Waals surface area contributed by atoms with Crippen LogP contribution < -0.4 is 15.6 Å². The molecule has 1 heterocycles. The molecule has 1 amide bonds. The highest BCUT2D eigenvalue weighted by molar-refractivity contribution is 6.31. The molecule has 3 rings (SSSR count). The Bertz CT molecular complexity index is 1060. The first-order chi connectivity index (χ1) is 13.0. The quantitative estimate of drug-likeness (QED) is 0.721. The minimum atomic E-state index is -0.760. The van der Waals surface area contributed by atoms with E-state index in [0.717, 1.165) is 5.39 Å². The van der Waals surface area contributed by atoms with Gasteiger partial charge in [-0.1, -0.05) is 36.7 Å². The molecule has 0 spiro atoms. The van der Waals surface area contributed by atoms with Crippen LogP contribution in [0.2, 0.25) is 5.02 Å². The van der Waals surface area contributed by atoms with Crippen LogP contribution in [0.5, 0.6) is 5.75 Å². The number of halogens is 1. The predicted molar refractivity (Wildman–Crippen MR) is 107 cm³/mol. The molecule has 27 heavy (non-hydrogen) atoms. The van der Waals surface area contributed by atoms with Gasteiger partial charge in [-0.3, -0.25) is 9.59 Å². The van der Waals surface area contributed by atoms with E-state index in [-0.39, 0.29) is 11.5 Å². The molecule has 3 aromatic rings. The van der Waals surface area contributed by atoms with E-state index in [2.05, 4.69) is 10.4 Å². The van der Waals surface area contributed by atoms with Crippen LogP contribution in [0.4, 0.5) is 5.69 Å². The van der Waals surface area contributed by atoms with Crippen molar-refractivity contribution in [3.05, 3.63) is 63.5 Å². The first kappa shape index (κ1) is 18.9. The Labute approximate surface area is 161 Å². The molecule has 0 aliphatic rings. The third kappa shape index (κ3) is 3.66. The summed E-state index contributed by atoms with van der Waals surface area (Å²) < 4.78 is 6.52. The molecule has 2 aromatic carbocycles. The van der Waals surface area contributed by atoms with Gasteiger partial charge in [-0.25, -0.2) is 4.68 Å². The van der Waals surface area contributed by atoms with E-state index in [0.29, 0.717) is 34.0 Å². The van der Waals surface area contributed by atoms with E-state index in [4.69, 9.17) is 16.3 Å². The number of aromatic nitrogens is 2. The molecule has 0 radical (unpaired) electrons. The number of hydrogen-bond acceptors (Lipinski definition) is 4. The first-order valence-corrected chi connectivity index (χ1v) is 8.96. The van der Waals surface area contributed by atoms with Gasteiger partial charge in [0, 0.05) is 10.4 Å². The van der Waals surface area contributed by atoms with Crippen molar-refractivity contribution in [2.75, 3.05) is 12.4 Å². The average Bonchev–Trinajstić information content (AvgIpc) is 2.66. The van der Waals surface area contributed by atoms with Crippen LogP contribution in [0.15, 0.2) is 47.3 Å². The number of fused-ring (bicyclic) bond motifs is 1. The zero-order valence-electron chi connectivity index (χ0n) is 15.3. The molecule has 7 heteroatoms. The van der Waals surface area contributed by atoms with Gasteiger partial charge < -0.3 is 10.1 Å². The second-order valence-electron chi connectivity index (χ2n) is 6.14. The monoisotopic (exact) mass is 385 g/mol. The summed E-state index contributed by atoms with van der Waals surface area (Å²) in [5.41, 5.74) is 0.840. The first-order valence-electron chi connectivity index (χ1n) is 8.58. The molecule has 0 bridgehead atoms. The standard InChI is InChI=1S/C20H20ClN3O3/c1-4-17(19(25)22-16-11-13(21)9-10-18(16)27-3)24-20(26)15-8-6-5-7-14(15)12(2)23-24/h5-11,17H,4H2,1-3H3,(H,22,25)/t17-/m0/s1. The summed E-state index contributed by atoms with van der Waals surface area (Å²) in [5.74, 6) is 0.125. The van der Waals surface area contributed by atoms with Crippen LogP contribution in [-0.2, 0) is 4.79 Å². The van der Waals surface area contributed by atoms with Crippen molar-refractivity contribution in [1.82, 2.24) is 9.78 Å². The Balaban J connectivity index is 2.02. The van der Waals surface area contributed by atoms with Gasteiger partial charge in [0.15, 0.2) is 0 Å². The van der Waals surface area contributed by atoms with E-state index >= 15 is 0 Å². The molecular weight excluding hydrogens is 366 g/mol. The molecule has 0 saturated heterocycles. The molecule has 6 nitrogen and oxygen atoms in total. The molecule has 1 aromatic heterocycles. The normalized spacial score (nSPS) is 12.0. The molecule has 0 aliphatic heterocycles. The summed E-state index contributed by atoms with van der Waals surface area (Å²) in [7, 11) is 1.51. The SMILES string of the molecule is CC[C@@H](C(=O)Nc1cc(Cl)ccc1OC)n1nc(C)c2ccccc2c1=O. The molecule has 140 valence electrons. The van der Waals surface area contributed by atoms with Crippen LogP contribution in [-0.4, -0.2) is 22.8 Å². The number of hydrogen-bond donors (Lipinski definition) is 1. The van der Waals surface area contributed by atoms with Gasteiger partial charge in [0.2, 0.25) is 5.91 Å². The minimum Gasteiger partial charge on any atom is -0.495 e. The molecule has 1 N–H and O–H groups in total. The largest absolute Gasteiger partial charge is 0.495 e. The summed E-state index contributed by atoms with van der Waals surface area (Å²) in [6.07, 6.45) is 0.402. The van der Waals surface area contributed by atoms with Gasteiger partial charge >= 0.3 is 0 Å². The number of nitrogens with zero attached hydrogens (tertiary/aromatic N) is 2. The maximum atomic E-state index is 12.9. The van der Waals surface area contributed by atoms with Gasteiger partial charge in [0.25, 0.3) is 5.56 Å². The number of anilines is 1. The number of ether oxygens (including phenoxy) is 1. The van der Waals surface area contributed by atoms with Gasteiger partial charge in [-0.2, -0.15) is 5.10 Å². The van der Waals surface area contributed by atoms with Crippen molar-refractivity contribution in [3.63, 3.8) is 0 Å². The number of benzene rings is 2. The second-order valence-corrected chi connectivity index (χ2v) is 6.58. The van der Waals surface area contributed by atoms with E-state index < -0.39 is 6.04 Å². The van der Waals surface area contributed by atoms with Crippen molar-refractivity contribution >= 4 is 34.0 Å². The maximum Gasteiger partial charge on any atom is 0.275 e. The lowest BCUT2D eigenvalue weighted by Gasteiger charge is -2.19. The Hall–Kier alpha value is -2.86. The number of amides is 1. The summed E-state index contributed by atoms with van der Waals surface area (Å²) in [6, 6.07) is 11.4. The van der Waals surface area contributed by atoms with Crippen LogP contribution in [0.3, 0.4) is 0 Å². The third-order valence-corrected chi connectivity index (χ3v) is 4.65. The number of rotatable bonds is 5. The van der Waals surface area contributed by atoms with Crippen molar-refractivity contribution in [3.8, 4) is 5.75 Å². The van der Waals surface area contributed by atoms with Crippen molar-refractivity contribution in [2.45, 2.75) is 26.3 Å². The third-order valence-electron chi connectivity index (χ3n) is 4.42. The van der Waals surface area contributed by atoms with Crippen molar-refractivity contribution in [2.24, 2.45) is 0 Å². The smallest absolute Gasteiger partial charge is 0.275 e. The summed E-state index contributed by atoms with van der Waals surface area (Å²) in [6.45, 7) is 3.65. The van der Waals surface area contributed by atoms with Crippen molar-refractivity contribution in [1.29, 1.82) is 0 Å². The Morgan fingerprint density at radius 2 is 1.96 bits per heavy atom. The molecule has 1 atom stereocenters. The van der Waals surface area contributed by atoms with Gasteiger partial charge in [-0.15, -0.1) is 0 Å². The number of carbonyl (C=O) groups is 1. The number of methoxy groups -OCH3 is 1. The summed E-state index contributed by atoms with van der Waals surface area (Å²) in [4.78, 5) is 25.8. The Kier molecular flexibility index (Phi) is 5.46. The van der Waals surface area contributed by atoms with E-state index in [1.165, 1.54) is 11.8 Å². The minimum absolute atomic E-state index is 0.295. The lowest BCUT2D eigenvalue weighted by atomic mass is 10.1.